The van der Waals surface area contributed by atoms with Gasteiger partial charge in [0.2, 0.25) is 0 Å². The maximum absolute atomic E-state index is 2.41. The van der Waals surface area contributed by atoms with Crippen molar-refractivity contribution in [3.8, 4) is 0 Å². The van der Waals surface area contributed by atoms with Crippen molar-refractivity contribution in [3.63, 3.8) is 0 Å². The van der Waals surface area contributed by atoms with E-state index in [1.807, 2.05) is 11.9 Å². The molecule has 1 nitrogen and oxygen atoms in total. The third-order valence-electron chi connectivity index (χ3n) is 2.54. The van der Waals surface area contributed by atoms with E-state index < -0.39 is 0 Å². The summed E-state index contributed by atoms with van der Waals surface area (Å²) < 4.78 is 2.41. The lowest BCUT2D eigenvalue weighted by molar-refractivity contribution is 0.287. The molecule has 1 aliphatic rings. The fraction of sp³-hybridized carbons (Fsp3) is 0.818. The summed E-state index contributed by atoms with van der Waals surface area (Å²) in [4.78, 5) is 0. The third-order valence-corrected chi connectivity index (χ3v) is 3.78. The number of unbranched alkanes of at least 4 members (excludes halogenated alkanes) is 2. The number of nitrogens with zero attached hydrogens (tertiary/aromatic N) is 1. The van der Waals surface area contributed by atoms with Crippen LogP contribution in [0.3, 0.4) is 0 Å². The Morgan fingerprint density at radius 1 is 1.38 bits per heavy atom. The molecule has 0 N–H and O–H groups in total. The molecule has 0 aliphatic carbocycles. The predicted molar refractivity (Wildman–Crippen MR) is 61.7 cm³/mol. The minimum absolute atomic E-state index is 0.340. The summed E-state index contributed by atoms with van der Waals surface area (Å²) in [5.41, 5.74) is 0.340. The van der Waals surface area contributed by atoms with Gasteiger partial charge in [0.15, 0.2) is 0 Å². The van der Waals surface area contributed by atoms with E-state index in [0.29, 0.717) is 5.54 Å². The molecule has 1 aliphatic heterocycles. The second-order valence-corrected chi connectivity index (χ2v) is 5.26. The molecule has 1 rings (SSSR count). The Bertz CT molecular complexity index is 175. The second-order valence-electron chi connectivity index (χ2n) is 4.28. The Morgan fingerprint density at radius 3 is 2.69 bits per heavy atom. The van der Waals surface area contributed by atoms with Crippen LogP contribution in [0.15, 0.2) is 12.3 Å². The average Bonchev–Trinajstić information content (AvgIpc) is 2.56. The summed E-state index contributed by atoms with van der Waals surface area (Å²) in [6, 6.07) is 0. The van der Waals surface area contributed by atoms with Gasteiger partial charge in [-0.25, -0.2) is 0 Å². The van der Waals surface area contributed by atoms with E-state index in [1.165, 1.54) is 25.7 Å². The van der Waals surface area contributed by atoms with Gasteiger partial charge in [0.25, 0.3) is 0 Å². The van der Waals surface area contributed by atoms with Gasteiger partial charge < -0.3 is 4.31 Å². The molecule has 0 fully saturated rings. The van der Waals surface area contributed by atoms with Crippen LogP contribution < -0.4 is 0 Å². The van der Waals surface area contributed by atoms with E-state index in [2.05, 4.69) is 37.4 Å². The molecule has 0 aromatic heterocycles. The molecule has 0 atom stereocenters. The maximum Gasteiger partial charge on any atom is 0.0452 e. The van der Waals surface area contributed by atoms with Crippen LogP contribution in [-0.4, -0.2) is 15.6 Å². The topological polar surface area (TPSA) is 3.24 Å². The molecule has 0 saturated carbocycles. The van der Waals surface area contributed by atoms with E-state index in [1.54, 1.807) is 0 Å². The van der Waals surface area contributed by atoms with Gasteiger partial charge in [-0.3, -0.25) is 0 Å². The number of hydrogen-bond donors (Lipinski definition) is 0. The highest BCUT2D eigenvalue weighted by Crippen LogP contribution is 2.32. The van der Waals surface area contributed by atoms with Crippen molar-refractivity contribution in [3.05, 3.63) is 12.3 Å². The lowest BCUT2D eigenvalue weighted by Gasteiger charge is -2.34. The smallest absolute Gasteiger partial charge is 0.0452 e. The summed E-state index contributed by atoms with van der Waals surface area (Å²) >= 11 is 1.93. The fourth-order valence-electron chi connectivity index (χ4n) is 1.60. The van der Waals surface area contributed by atoms with Crippen molar-refractivity contribution >= 4 is 11.9 Å². The zero-order chi connectivity index (χ0) is 9.73. The lowest BCUT2D eigenvalue weighted by atomic mass is 9.97. The summed E-state index contributed by atoms with van der Waals surface area (Å²) in [5.74, 6) is 1.15. The van der Waals surface area contributed by atoms with Crippen LogP contribution >= 0.6 is 11.9 Å². The molecular weight excluding hydrogens is 178 g/mol. The second kappa shape index (κ2) is 4.94. The van der Waals surface area contributed by atoms with Gasteiger partial charge in [0.1, 0.15) is 0 Å². The maximum atomic E-state index is 2.41. The van der Waals surface area contributed by atoms with Crippen LogP contribution in [0.25, 0.3) is 0 Å². The Kier molecular flexibility index (Phi) is 4.17. The average molecular weight is 199 g/mol. The standard InChI is InChI=1S/C11H21NS/c1-4-5-6-8-11(2,3)12-9-7-10-13-12/h7,9H,4-6,8,10H2,1-3H3. The molecule has 0 radical (unpaired) electrons. The van der Waals surface area contributed by atoms with Gasteiger partial charge >= 0.3 is 0 Å². The molecule has 0 amide bonds. The Morgan fingerprint density at radius 2 is 2.15 bits per heavy atom. The van der Waals surface area contributed by atoms with Crippen LogP contribution in [0.4, 0.5) is 0 Å². The Labute approximate surface area is 86.7 Å². The molecule has 2 heteroatoms. The summed E-state index contributed by atoms with van der Waals surface area (Å²) in [5, 5.41) is 0. The van der Waals surface area contributed by atoms with Crippen molar-refractivity contribution in [1.29, 1.82) is 0 Å². The van der Waals surface area contributed by atoms with Crippen LogP contribution in [-0.2, 0) is 0 Å². The molecule has 1 heterocycles. The van der Waals surface area contributed by atoms with Crippen molar-refractivity contribution in [2.45, 2.75) is 52.0 Å². The quantitative estimate of drug-likeness (QED) is 0.489. The number of rotatable bonds is 5. The normalized spacial score (nSPS) is 17.0. The minimum Gasteiger partial charge on any atom is -0.318 e. The van der Waals surface area contributed by atoms with Crippen molar-refractivity contribution in [2.75, 3.05) is 5.75 Å². The molecule has 0 aromatic rings. The first-order valence-electron chi connectivity index (χ1n) is 5.26. The minimum atomic E-state index is 0.340. The number of hydrogen-bond acceptors (Lipinski definition) is 2. The highest BCUT2D eigenvalue weighted by Gasteiger charge is 2.25. The first kappa shape index (κ1) is 11.0. The summed E-state index contributed by atoms with van der Waals surface area (Å²) in [7, 11) is 0. The van der Waals surface area contributed by atoms with E-state index in [4.69, 9.17) is 0 Å². The zero-order valence-electron chi connectivity index (χ0n) is 9.05. The fourth-order valence-corrected chi connectivity index (χ4v) is 2.55. The van der Waals surface area contributed by atoms with Gasteiger partial charge in [-0.2, -0.15) is 0 Å². The summed E-state index contributed by atoms with van der Waals surface area (Å²) in [6.45, 7) is 6.94. The predicted octanol–water partition coefficient (Wildman–Crippen LogP) is 3.82. The first-order valence-corrected chi connectivity index (χ1v) is 6.20. The highest BCUT2D eigenvalue weighted by molar-refractivity contribution is 7.97. The SMILES string of the molecule is CCCCCC(C)(C)N1C=CCS1. The Hall–Kier alpha value is -0.110. The van der Waals surface area contributed by atoms with Crippen molar-refractivity contribution < 1.29 is 0 Å². The van der Waals surface area contributed by atoms with E-state index in [-0.39, 0.29) is 0 Å². The molecule has 0 bridgehead atoms. The molecule has 76 valence electrons. The largest absolute Gasteiger partial charge is 0.318 e. The highest BCUT2D eigenvalue weighted by atomic mass is 32.2. The zero-order valence-corrected chi connectivity index (χ0v) is 9.86. The molecule has 0 unspecified atom stereocenters. The molecular formula is C11H21NS. The Balaban J connectivity index is 2.31. The van der Waals surface area contributed by atoms with Gasteiger partial charge in [-0.05, 0) is 32.2 Å². The first-order chi connectivity index (χ1) is 6.17. The van der Waals surface area contributed by atoms with Crippen molar-refractivity contribution in [2.24, 2.45) is 0 Å². The molecule has 13 heavy (non-hydrogen) atoms. The molecule has 0 aromatic carbocycles. The van der Waals surface area contributed by atoms with Gasteiger partial charge in [-0.1, -0.05) is 32.3 Å². The van der Waals surface area contributed by atoms with Crippen LogP contribution in [0, 0.1) is 0 Å². The van der Waals surface area contributed by atoms with Crippen molar-refractivity contribution in [1.82, 2.24) is 4.31 Å². The molecule has 0 spiro atoms. The van der Waals surface area contributed by atoms with Crippen LogP contribution in [0.5, 0.6) is 0 Å². The lowest BCUT2D eigenvalue weighted by Crippen LogP contribution is -2.34. The van der Waals surface area contributed by atoms with Gasteiger partial charge in [0.05, 0.1) is 0 Å². The van der Waals surface area contributed by atoms with Crippen LogP contribution in [0.1, 0.15) is 46.5 Å². The van der Waals surface area contributed by atoms with E-state index >= 15 is 0 Å². The van der Waals surface area contributed by atoms with E-state index in [0.717, 1.165) is 5.75 Å². The van der Waals surface area contributed by atoms with Gasteiger partial charge in [-0.15, -0.1) is 0 Å². The van der Waals surface area contributed by atoms with Gasteiger partial charge in [0, 0.05) is 17.5 Å². The molecule has 0 saturated heterocycles. The monoisotopic (exact) mass is 199 g/mol. The van der Waals surface area contributed by atoms with E-state index in [9.17, 15) is 0 Å². The van der Waals surface area contributed by atoms with Crippen LogP contribution in [0.2, 0.25) is 0 Å². The summed E-state index contributed by atoms with van der Waals surface area (Å²) in [6.07, 6.45) is 9.82. The third kappa shape index (κ3) is 3.26.